The molecule has 0 aromatic carbocycles. The summed E-state index contributed by atoms with van der Waals surface area (Å²) >= 11 is 0. The highest BCUT2D eigenvalue weighted by Crippen LogP contribution is 2.10. The van der Waals surface area contributed by atoms with Crippen LogP contribution in [0.2, 0.25) is 0 Å². The second-order valence-electron chi connectivity index (χ2n) is 4.27. The highest BCUT2D eigenvalue weighted by molar-refractivity contribution is 5.94. The molecule has 1 aromatic heterocycles. The van der Waals surface area contributed by atoms with Crippen LogP contribution in [0.1, 0.15) is 24.2 Å². The molecular weight excluding hydrogens is 239 g/mol. The Morgan fingerprint density at radius 1 is 1.50 bits per heavy atom. The molecule has 98 valence electrons. The van der Waals surface area contributed by atoms with Crippen molar-refractivity contribution in [2.45, 2.75) is 13.8 Å². The molecule has 0 saturated heterocycles. The summed E-state index contributed by atoms with van der Waals surface area (Å²) in [6.45, 7) is 3.53. The van der Waals surface area contributed by atoms with E-state index in [4.69, 9.17) is 5.11 Å². The number of hydrogen-bond donors (Lipinski definition) is 2. The van der Waals surface area contributed by atoms with E-state index in [1.165, 1.54) is 12.3 Å². The standard InChI is InChI=1S/C12H15FN2O3/c1-7(2)9(12(17)18)6-15-11(16)8-3-4-14-10(13)5-8/h3-5,7,9H,6H2,1-2H3,(H,15,16)(H,17,18). The SMILES string of the molecule is CC(C)C(CNC(=O)c1ccnc(F)c1)C(=O)O. The molecule has 0 aliphatic carbocycles. The fraction of sp³-hybridized carbons (Fsp3) is 0.417. The van der Waals surface area contributed by atoms with E-state index in [-0.39, 0.29) is 18.0 Å². The molecule has 0 bridgehead atoms. The number of amides is 1. The van der Waals surface area contributed by atoms with Crippen molar-refractivity contribution in [2.75, 3.05) is 6.54 Å². The van der Waals surface area contributed by atoms with Gasteiger partial charge in [-0.25, -0.2) is 4.98 Å². The van der Waals surface area contributed by atoms with E-state index in [0.717, 1.165) is 6.07 Å². The topological polar surface area (TPSA) is 79.3 Å². The molecule has 0 aliphatic heterocycles. The van der Waals surface area contributed by atoms with Crippen LogP contribution in [0.25, 0.3) is 0 Å². The number of carbonyl (C=O) groups excluding carboxylic acids is 1. The Hall–Kier alpha value is -1.98. The van der Waals surface area contributed by atoms with Crippen molar-refractivity contribution in [2.24, 2.45) is 11.8 Å². The summed E-state index contributed by atoms with van der Waals surface area (Å²) in [6.07, 6.45) is 1.18. The molecule has 0 saturated carbocycles. The fourth-order valence-electron chi connectivity index (χ4n) is 1.46. The molecule has 0 fully saturated rings. The molecule has 1 amide bonds. The Bertz CT molecular complexity index is 449. The maximum Gasteiger partial charge on any atom is 0.308 e. The van der Waals surface area contributed by atoms with Gasteiger partial charge >= 0.3 is 5.97 Å². The zero-order chi connectivity index (χ0) is 13.7. The normalized spacial score (nSPS) is 12.2. The Morgan fingerprint density at radius 2 is 2.17 bits per heavy atom. The van der Waals surface area contributed by atoms with Crippen LogP contribution >= 0.6 is 0 Å². The molecule has 0 radical (unpaired) electrons. The van der Waals surface area contributed by atoms with Crippen molar-refractivity contribution in [3.05, 3.63) is 29.8 Å². The first-order valence-corrected chi connectivity index (χ1v) is 5.54. The first-order chi connectivity index (χ1) is 8.41. The Labute approximate surface area is 104 Å². The Morgan fingerprint density at radius 3 is 2.67 bits per heavy atom. The lowest BCUT2D eigenvalue weighted by molar-refractivity contribution is -0.142. The third-order valence-electron chi connectivity index (χ3n) is 2.59. The number of hydrogen-bond acceptors (Lipinski definition) is 3. The van der Waals surface area contributed by atoms with Crippen LogP contribution in [0.3, 0.4) is 0 Å². The third kappa shape index (κ3) is 3.80. The first kappa shape index (κ1) is 14.1. The number of halogens is 1. The summed E-state index contributed by atoms with van der Waals surface area (Å²) in [5.41, 5.74) is 0.121. The monoisotopic (exact) mass is 254 g/mol. The number of carbonyl (C=O) groups is 2. The van der Waals surface area contributed by atoms with E-state index < -0.39 is 23.7 Å². The van der Waals surface area contributed by atoms with Gasteiger partial charge in [0.15, 0.2) is 0 Å². The van der Waals surface area contributed by atoms with Gasteiger partial charge in [0, 0.05) is 24.4 Å². The molecule has 5 nitrogen and oxygen atoms in total. The Kier molecular flexibility index (Phi) is 4.76. The largest absolute Gasteiger partial charge is 0.481 e. The predicted molar refractivity (Wildman–Crippen MR) is 62.5 cm³/mol. The molecule has 0 spiro atoms. The van der Waals surface area contributed by atoms with Crippen molar-refractivity contribution in [3.63, 3.8) is 0 Å². The van der Waals surface area contributed by atoms with Crippen LogP contribution in [0.15, 0.2) is 18.3 Å². The van der Waals surface area contributed by atoms with Gasteiger partial charge in [-0.1, -0.05) is 13.8 Å². The van der Waals surface area contributed by atoms with E-state index in [9.17, 15) is 14.0 Å². The minimum atomic E-state index is -0.966. The van der Waals surface area contributed by atoms with Gasteiger partial charge in [0.2, 0.25) is 5.95 Å². The van der Waals surface area contributed by atoms with E-state index in [1.54, 1.807) is 13.8 Å². The second-order valence-corrected chi connectivity index (χ2v) is 4.27. The first-order valence-electron chi connectivity index (χ1n) is 5.54. The lowest BCUT2D eigenvalue weighted by Gasteiger charge is -2.16. The van der Waals surface area contributed by atoms with Crippen LogP contribution in [0.4, 0.5) is 4.39 Å². The summed E-state index contributed by atoms with van der Waals surface area (Å²) in [5.74, 6) is -2.99. The van der Waals surface area contributed by atoms with Crippen molar-refractivity contribution in [1.82, 2.24) is 10.3 Å². The molecule has 0 aliphatic rings. The van der Waals surface area contributed by atoms with Crippen LogP contribution < -0.4 is 5.32 Å². The number of nitrogens with one attached hydrogen (secondary N) is 1. The lowest BCUT2D eigenvalue weighted by Crippen LogP contribution is -2.35. The minimum absolute atomic E-state index is 0.00970. The van der Waals surface area contributed by atoms with E-state index in [0.29, 0.717) is 0 Å². The highest BCUT2D eigenvalue weighted by atomic mass is 19.1. The van der Waals surface area contributed by atoms with Gasteiger partial charge in [0.25, 0.3) is 5.91 Å². The molecule has 1 rings (SSSR count). The average molecular weight is 254 g/mol. The van der Waals surface area contributed by atoms with Crippen molar-refractivity contribution < 1.29 is 19.1 Å². The van der Waals surface area contributed by atoms with Gasteiger partial charge in [-0.05, 0) is 12.0 Å². The number of aliphatic carboxylic acids is 1. The molecule has 1 atom stereocenters. The van der Waals surface area contributed by atoms with E-state index in [1.807, 2.05) is 0 Å². The van der Waals surface area contributed by atoms with Gasteiger partial charge in [-0.2, -0.15) is 4.39 Å². The van der Waals surface area contributed by atoms with Crippen molar-refractivity contribution in [1.29, 1.82) is 0 Å². The fourth-order valence-corrected chi connectivity index (χ4v) is 1.46. The molecule has 2 N–H and O–H groups in total. The van der Waals surface area contributed by atoms with Crippen LogP contribution in [-0.4, -0.2) is 28.5 Å². The quantitative estimate of drug-likeness (QED) is 0.776. The zero-order valence-electron chi connectivity index (χ0n) is 10.2. The minimum Gasteiger partial charge on any atom is -0.481 e. The summed E-state index contributed by atoms with van der Waals surface area (Å²) in [7, 11) is 0. The van der Waals surface area contributed by atoms with Crippen molar-refractivity contribution in [3.8, 4) is 0 Å². The van der Waals surface area contributed by atoms with Crippen LogP contribution in [0.5, 0.6) is 0 Å². The van der Waals surface area contributed by atoms with Gasteiger partial charge in [-0.3, -0.25) is 9.59 Å². The Balaban J connectivity index is 2.63. The van der Waals surface area contributed by atoms with Gasteiger partial charge < -0.3 is 10.4 Å². The van der Waals surface area contributed by atoms with Gasteiger partial charge in [0.1, 0.15) is 0 Å². The number of aromatic nitrogens is 1. The van der Waals surface area contributed by atoms with E-state index >= 15 is 0 Å². The van der Waals surface area contributed by atoms with Crippen LogP contribution in [0, 0.1) is 17.8 Å². The second kappa shape index (κ2) is 6.09. The van der Waals surface area contributed by atoms with Gasteiger partial charge in [0.05, 0.1) is 5.92 Å². The molecule has 6 heteroatoms. The molecule has 1 heterocycles. The maximum absolute atomic E-state index is 12.8. The molecule has 18 heavy (non-hydrogen) atoms. The van der Waals surface area contributed by atoms with Crippen molar-refractivity contribution >= 4 is 11.9 Å². The summed E-state index contributed by atoms with van der Waals surface area (Å²) in [4.78, 5) is 25.9. The number of rotatable bonds is 5. The summed E-state index contributed by atoms with van der Waals surface area (Å²) < 4.78 is 12.8. The number of nitrogens with zero attached hydrogens (tertiary/aromatic N) is 1. The number of carboxylic acid groups (broad SMARTS) is 1. The van der Waals surface area contributed by atoms with E-state index in [2.05, 4.69) is 10.3 Å². The molecule has 1 unspecified atom stereocenters. The highest BCUT2D eigenvalue weighted by Gasteiger charge is 2.22. The average Bonchev–Trinajstić information content (AvgIpc) is 2.28. The summed E-state index contributed by atoms with van der Waals surface area (Å²) in [5, 5.41) is 11.4. The number of pyridine rings is 1. The van der Waals surface area contributed by atoms with Gasteiger partial charge in [-0.15, -0.1) is 0 Å². The third-order valence-corrected chi connectivity index (χ3v) is 2.59. The molecular formula is C12H15FN2O3. The lowest BCUT2D eigenvalue weighted by atomic mass is 9.96. The molecule has 1 aromatic rings. The zero-order valence-corrected chi connectivity index (χ0v) is 10.2. The number of carboxylic acids is 1. The smallest absolute Gasteiger partial charge is 0.308 e. The van der Waals surface area contributed by atoms with Crippen LogP contribution in [-0.2, 0) is 4.79 Å². The summed E-state index contributed by atoms with van der Waals surface area (Å²) in [6, 6.07) is 2.37. The maximum atomic E-state index is 12.8. The predicted octanol–water partition coefficient (Wildman–Crippen LogP) is 1.31.